The van der Waals surface area contributed by atoms with Crippen LogP contribution in [0.5, 0.6) is 11.5 Å². The molecule has 2 bridgehead atoms. The second-order valence-corrected chi connectivity index (χ2v) is 19.5. The van der Waals surface area contributed by atoms with E-state index in [2.05, 4.69) is 47.5 Å². The molecule has 3 unspecified atom stereocenters. The Morgan fingerprint density at radius 3 is 2.29 bits per heavy atom. The highest BCUT2D eigenvalue weighted by molar-refractivity contribution is 6.17. The van der Waals surface area contributed by atoms with Crippen molar-refractivity contribution in [1.82, 2.24) is 25.0 Å². The molecule has 5 aromatic rings. The molecule has 5 saturated heterocycles. The third-order valence-electron chi connectivity index (χ3n) is 15.0. The van der Waals surface area contributed by atoms with Crippen molar-refractivity contribution in [3.63, 3.8) is 0 Å². The first-order chi connectivity index (χ1) is 34.0. The summed E-state index contributed by atoms with van der Waals surface area (Å²) in [6.07, 6.45) is 6.88. The molecule has 0 radical (unpaired) electrons. The van der Waals surface area contributed by atoms with Gasteiger partial charge in [-0.3, -0.25) is 44.1 Å². The Hall–Kier alpha value is -7.22. The molecule has 358 valence electrons. The number of fused-ring (bicyclic) bond motifs is 4. The first-order valence-corrected chi connectivity index (χ1v) is 24.2. The smallest absolute Gasteiger partial charge is 0.255 e. The van der Waals surface area contributed by atoms with Gasteiger partial charge in [0.05, 0.1) is 11.2 Å². The van der Waals surface area contributed by atoms with E-state index in [4.69, 9.17) is 4.74 Å². The van der Waals surface area contributed by atoms with Gasteiger partial charge in [-0.25, -0.2) is 8.78 Å². The van der Waals surface area contributed by atoms with Crippen LogP contribution < -0.4 is 25.6 Å². The van der Waals surface area contributed by atoms with Crippen LogP contribution in [0.15, 0.2) is 91.1 Å². The van der Waals surface area contributed by atoms with Crippen LogP contribution in [-0.4, -0.2) is 107 Å². The number of carbonyl (C=O) groups is 5. The van der Waals surface area contributed by atoms with Crippen molar-refractivity contribution in [1.29, 1.82) is 0 Å². The summed E-state index contributed by atoms with van der Waals surface area (Å²) in [5, 5.41) is 8.45. The molecule has 70 heavy (non-hydrogen) atoms. The zero-order chi connectivity index (χ0) is 48.1. The first-order valence-electron chi connectivity index (χ1n) is 24.2. The molecular weight excluding hydrogens is 895 g/mol. The third-order valence-corrected chi connectivity index (χ3v) is 15.0. The Bertz CT molecular complexity index is 2970. The number of piperidine rings is 3. The number of hydrogen-bond donors (Lipinski definition) is 3. The van der Waals surface area contributed by atoms with E-state index >= 15 is 4.39 Å². The summed E-state index contributed by atoms with van der Waals surface area (Å²) < 4.78 is 35.5. The van der Waals surface area contributed by atoms with Crippen LogP contribution in [0.1, 0.15) is 72.9 Å². The van der Waals surface area contributed by atoms with E-state index in [1.807, 2.05) is 12.1 Å². The lowest BCUT2D eigenvalue weighted by molar-refractivity contribution is -0.137. The Morgan fingerprint density at radius 1 is 0.871 bits per heavy atom. The number of imide groups is 1. The van der Waals surface area contributed by atoms with E-state index in [0.29, 0.717) is 95.3 Å². The number of piperazine rings is 1. The number of nitrogens with one attached hydrogen (secondary N) is 3. The number of rotatable bonds is 12. The second-order valence-electron chi connectivity index (χ2n) is 19.5. The van der Waals surface area contributed by atoms with E-state index in [1.54, 1.807) is 53.6 Å². The van der Waals surface area contributed by atoms with Crippen LogP contribution in [0.4, 0.5) is 25.8 Å². The van der Waals surface area contributed by atoms with Crippen molar-refractivity contribution in [2.45, 2.75) is 76.0 Å². The number of amides is 5. The Labute approximate surface area is 403 Å². The summed E-state index contributed by atoms with van der Waals surface area (Å²) in [6, 6.07) is 23.1. The molecule has 3 N–H and O–H groups in total. The SMILES string of the molecule is O=C1CCC(N2Cc3c(C#CCCN4CC5CC(C4)N5CC4CCN(c5cc6nccc(Oc7ccc(NC(=O)C8(C(=O)Nc9ccc(F)cc9)CC8)cc7)c6cc5F)CC4)cccc3C2=O)C(=O)N1. The van der Waals surface area contributed by atoms with E-state index in [0.717, 1.165) is 63.2 Å². The Balaban J connectivity index is 0.638. The van der Waals surface area contributed by atoms with Gasteiger partial charge < -0.3 is 25.2 Å². The number of ether oxygens (including phenoxy) is 1. The van der Waals surface area contributed by atoms with Gasteiger partial charge in [-0.05, 0) is 129 Å². The largest absolute Gasteiger partial charge is 0.457 e. The summed E-state index contributed by atoms with van der Waals surface area (Å²) in [5.74, 6) is 5.60. The molecule has 4 aromatic carbocycles. The number of carbonyl (C=O) groups excluding carboxylic acids is 5. The minimum atomic E-state index is -1.19. The van der Waals surface area contributed by atoms with Gasteiger partial charge in [0, 0.05) is 105 Å². The van der Waals surface area contributed by atoms with Gasteiger partial charge in [0.15, 0.2) is 0 Å². The van der Waals surface area contributed by atoms with Gasteiger partial charge in [-0.1, -0.05) is 17.9 Å². The molecule has 0 spiro atoms. The molecule has 7 heterocycles. The van der Waals surface area contributed by atoms with Crippen molar-refractivity contribution in [3.8, 4) is 23.3 Å². The zero-order valence-electron chi connectivity index (χ0n) is 38.5. The Kier molecular flexibility index (Phi) is 12.0. The maximum Gasteiger partial charge on any atom is 0.255 e. The van der Waals surface area contributed by atoms with Crippen LogP contribution >= 0.6 is 0 Å². The van der Waals surface area contributed by atoms with Gasteiger partial charge in [0.25, 0.3) is 5.91 Å². The van der Waals surface area contributed by atoms with Gasteiger partial charge in [0.1, 0.15) is 34.6 Å². The van der Waals surface area contributed by atoms with E-state index in [9.17, 15) is 28.4 Å². The third kappa shape index (κ3) is 8.95. The van der Waals surface area contributed by atoms with Crippen molar-refractivity contribution >= 4 is 57.5 Å². The number of hydrogen-bond acceptors (Lipinski definition) is 10. The van der Waals surface area contributed by atoms with Gasteiger partial charge in [0.2, 0.25) is 23.6 Å². The monoisotopic (exact) mass is 946 g/mol. The van der Waals surface area contributed by atoms with Crippen LogP contribution in [0.3, 0.4) is 0 Å². The average molecular weight is 947 g/mol. The molecule has 1 aliphatic carbocycles. The standard InChI is InChI=1S/C54H52F2N8O6/c55-35-7-9-36(10-8-35)58-52(68)54(20-21-54)53(69)59-37-11-13-40(14-12-37)70-48-17-22-57-45-28-47(44(56)27-42(45)48)62-24-18-33(19-25-62)29-63-38-26-39(63)31-61(30-38)23-2-1-4-34-5-3-6-41-43(34)32-64(51(41)67)46-15-16-49(65)60-50(46)66/h3,5-14,17,22,27-28,33,38-39,46H,2,15-16,18-21,23-26,29-32H2,(H,58,68)(H,59,69)(H,60,65,66). The maximum atomic E-state index is 16.0. The van der Waals surface area contributed by atoms with Gasteiger partial charge >= 0.3 is 0 Å². The van der Waals surface area contributed by atoms with Gasteiger partial charge in [-0.2, -0.15) is 0 Å². The highest BCUT2D eigenvalue weighted by Crippen LogP contribution is 2.48. The summed E-state index contributed by atoms with van der Waals surface area (Å²) in [5.41, 5.74) is 3.10. The fraction of sp³-hybridized carbons (Fsp3) is 0.370. The molecular formula is C54H52F2N8O6. The Morgan fingerprint density at radius 2 is 1.59 bits per heavy atom. The summed E-state index contributed by atoms with van der Waals surface area (Å²) in [4.78, 5) is 77.0. The lowest BCUT2D eigenvalue weighted by atomic mass is 9.84. The predicted octanol–water partition coefficient (Wildman–Crippen LogP) is 6.84. The summed E-state index contributed by atoms with van der Waals surface area (Å²) in [7, 11) is 0. The molecule has 6 aliphatic heterocycles. The van der Waals surface area contributed by atoms with E-state index in [1.165, 1.54) is 36.8 Å². The molecule has 7 aliphatic rings. The highest BCUT2D eigenvalue weighted by atomic mass is 19.1. The number of benzene rings is 4. The minimum Gasteiger partial charge on any atom is -0.457 e. The number of aromatic nitrogens is 1. The molecule has 16 heteroatoms. The number of anilines is 3. The predicted molar refractivity (Wildman–Crippen MR) is 258 cm³/mol. The normalized spacial score (nSPS) is 21.9. The van der Waals surface area contributed by atoms with Crippen LogP contribution in [0.2, 0.25) is 0 Å². The fourth-order valence-electron chi connectivity index (χ4n) is 10.9. The van der Waals surface area contributed by atoms with Crippen molar-refractivity contribution in [2.75, 3.05) is 54.8 Å². The van der Waals surface area contributed by atoms with Crippen molar-refractivity contribution in [2.24, 2.45) is 11.3 Å². The minimum absolute atomic E-state index is 0.192. The molecule has 14 nitrogen and oxygen atoms in total. The average Bonchev–Trinajstić information content (AvgIpc) is 4.12. The van der Waals surface area contributed by atoms with Crippen LogP contribution in [-0.2, 0) is 25.7 Å². The molecule has 12 rings (SSSR count). The number of pyridine rings is 1. The lowest BCUT2D eigenvalue weighted by Crippen LogP contribution is -2.69. The van der Waals surface area contributed by atoms with E-state index < -0.39 is 35.0 Å². The zero-order valence-corrected chi connectivity index (χ0v) is 38.5. The number of nitrogens with zero attached hydrogens (tertiary/aromatic N) is 5. The van der Waals surface area contributed by atoms with Crippen LogP contribution in [0, 0.1) is 34.8 Å². The highest BCUT2D eigenvalue weighted by Gasteiger charge is 2.56. The first kappa shape index (κ1) is 45.2. The maximum absolute atomic E-state index is 16.0. The number of halogens is 2. The molecule has 1 saturated carbocycles. The van der Waals surface area contributed by atoms with Crippen LogP contribution in [0.25, 0.3) is 10.9 Å². The topological polar surface area (TPSA) is 157 Å². The molecule has 1 aromatic heterocycles. The molecule has 6 fully saturated rings. The van der Waals surface area contributed by atoms with E-state index in [-0.39, 0.29) is 24.1 Å². The fourth-order valence-corrected chi connectivity index (χ4v) is 10.9. The second kappa shape index (κ2) is 18.6. The van der Waals surface area contributed by atoms with Crippen molar-refractivity contribution < 1.29 is 37.5 Å². The summed E-state index contributed by atoms with van der Waals surface area (Å²) in [6.45, 7) is 5.79. The van der Waals surface area contributed by atoms with Gasteiger partial charge in [-0.15, -0.1) is 0 Å². The van der Waals surface area contributed by atoms with Crippen molar-refractivity contribution in [3.05, 3.63) is 119 Å². The molecule has 5 amide bonds. The summed E-state index contributed by atoms with van der Waals surface area (Å²) >= 11 is 0. The molecule has 3 atom stereocenters. The quantitative estimate of drug-likeness (QED) is 0.0688. The lowest BCUT2D eigenvalue weighted by Gasteiger charge is -2.57.